The molecule has 0 fully saturated rings. The third-order valence-electron chi connectivity index (χ3n) is 2.50. The van der Waals surface area contributed by atoms with Crippen LogP contribution in [0.5, 0.6) is 0 Å². The van der Waals surface area contributed by atoms with Crippen molar-refractivity contribution >= 4 is 23.4 Å². The molecule has 0 aliphatic heterocycles. The molecule has 2 N–H and O–H groups in total. The molecular formula is C10H14N4OS. The number of aromatic amines is 2. The van der Waals surface area contributed by atoms with E-state index in [-0.39, 0.29) is 5.69 Å². The van der Waals surface area contributed by atoms with Crippen molar-refractivity contribution in [3.8, 4) is 0 Å². The van der Waals surface area contributed by atoms with Gasteiger partial charge >= 0.3 is 5.69 Å². The van der Waals surface area contributed by atoms with E-state index in [0.717, 1.165) is 11.9 Å². The Labute approximate surface area is 97.5 Å². The van der Waals surface area contributed by atoms with Crippen LogP contribution in [0.25, 0.3) is 11.2 Å². The summed E-state index contributed by atoms with van der Waals surface area (Å²) in [6.45, 7) is 4.90. The molecule has 0 saturated carbocycles. The van der Waals surface area contributed by atoms with Gasteiger partial charge in [-0.2, -0.15) is 0 Å². The molecule has 6 heteroatoms. The van der Waals surface area contributed by atoms with Crippen LogP contribution in [-0.2, 0) is 6.54 Å². The van der Waals surface area contributed by atoms with Crippen molar-refractivity contribution in [2.45, 2.75) is 26.8 Å². The van der Waals surface area contributed by atoms with Crippen LogP contribution in [0.1, 0.15) is 20.3 Å². The standard InChI is InChI=1S/C10H14N4OS/c1-6(2)3-4-14-8-7(11-5-12-8)9(16)13-10(14)15/h5-6H,3-4H2,1-2H3,(H,11,12)(H,13,15,16). The summed E-state index contributed by atoms with van der Waals surface area (Å²) < 4.78 is 2.04. The highest BCUT2D eigenvalue weighted by atomic mass is 32.1. The maximum Gasteiger partial charge on any atom is 0.328 e. The van der Waals surface area contributed by atoms with Gasteiger partial charge in [0.2, 0.25) is 0 Å². The van der Waals surface area contributed by atoms with Gasteiger partial charge in [-0.15, -0.1) is 0 Å². The van der Waals surface area contributed by atoms with Crippen LogP contribution >= 0.6 is 12.2 Å². The highest BCUT2D eigenvalue weighted by Gasteiger charge is 2.07. The van der Waals surface area contributed by atoms with Crippen molar-refractivity contribution in [3.05, 3.63) is 21.5 Å². The molecular weight excluding hydrogens is 224 g/mol. The maximum absolute atomic E-state index is 11.8. The first-order valence-corrected chi connectivity index (χ1v) is 5.66. The highest BCUT2D eigenvalue weighted by molar-refractivity contribution is 7.71. The number of aryl methyl sites for hydroxylation is 1. The van der Waals surface area contributed by atoms with Crippen LogP contribution in [0.3, 0.4) is 0 Å². The molecule has 0 aliphatic carbocycles. The van der Waals surface area contributed by atoms with E-state index in [1.165, 1.54) is 0 Å². The molecule has 0 unspecified atom stereocenters. The molecule has 0 saturated heterocycles. The maximum atomic E-state index is 11.8. The molecule has 0 atom stereocenters. The second-order valence-electron chi connectivity index (χ2n) is 4.19. The fourth-order valence-corrected chi connectivity index (χ4v) is 1.81. The van der Waals surface area contributed by atoms with Crippen molar-refractivity contribution in [2.24, 2.45) is 5.92 Å². The minimum atomic E-state index is -0.190. The van der Waals surface area contributed by atoms with E-state index in [4.69, 9.17) is 12.2 Å². The number of hydrogen-bond acceptors (Lipinski definition) is 3. The Morgan fingerprint density at radius 1 is 1.56 bits per heavy atom. The van der Waals surface area contributed by atoms with Gasteiger partial charge in [0.05, 0.1) is 6.33 Å². The topological polar surface area (TPSA) is 66.5 Å². The molecule has 0 bridgehead atoms. The van der Waals surface area contributed by atoms with Gasteiger partial charge in [0.25, 0.3) is 0 Å². The summed E-state index contributed by atoms with van der Waals surface area (Å²) in [5.74, 6) is 0.545. The Morgan fingerprint density at radius 2 is 2.31 bits per heavy atom. The van der Waals surface area contributed by atoms with Crippen molar-refractivity contribution < 1.29 is 0 Å². The average molecular weight is 238 g/mol. The average Bonchev–Trinajstić information content (AvgIpc) is 2.65. The first kappa shape index (κ1) is 11.1. The lowest BCUT2D eigenvalue weighted by molar-refractivity contribution is 0.510. The predicted molar refractivity (Wildman–Crippen MR) is 65.0 cm³/mol. The number of H-pyrrole nitrogens is 2. The largest absolute Gasteiger partial charge is 0.341 e. The van der Waals surface area contributed by atoms with Crippen LogP contribution < -0.4 is 5.69 Å². The van der Waals surface area contributed by atoms with E-state index >= 15 is 0 Å². The fraction of sp³-hybridized carbons (Fsp3) is 0.500. The van der Waals surface area contributed by atoms with E-state index in [1.807, 2.05) is 0 Å². The van der Waals surface area contributed by atoms with Gasteiger partial charge in [0.1, 0.15) is 10.2 Å². The minimum absolute atomic E-state index is 0.190. The summed E-state index contributed by atoms with van der Waals surface area (Å²) in [7, 11) is 0. The summed E-state index contributed by atoms with van der Waals surface area (Å²) in [6.07, 6.45) is 2.49. The molecule has 0 amide bonds. The molecule has 0 radical (unpaired) electrons. The van der Waals surface area contributed by atoms with Gasteiger partial charge in [0, 0.05) is 6.54 Å². The molecule has 2 rings (SSSR count). The van der Waals surface area contributed by atoms with Gasteiger partial charge in [-0.3, -0.25) is 9.55 Å². The quantitative estimate of drug-likeness (QED) is 0.802. The predicted octanol–water partition coefficient (Wildman–Crippen LogP) is 1.83. The van der Waals surface area contributed by atoms with Gasteiger partial charge in [-0.05, 0) is 12.3 Å². The van der Waals surface area contributed by atoms with E-state index in [0.29, 0.717) is 22.8 Å². The normalized spacial score (nSPS) is 11.4. The number of aromatic nitrogens is 4. The van der Waals surface area contributed by atoms with Crippen molar-refractivity contribution in [1.82, 2.24) is 19.5 Å². The Morgan fingerprint density at radius 3 is 3.00 bits per heavy atom. The zero-order valence-corrected chi connectivity index (χ0v) is 10.1. The van der Waals surface area contributed by atoms with E-state index < -0.39 is 0 Å². The molecule has 2 aromatic heterocycles. The summed E-state index contributed by atoms with van der Waals surface area (Å²) in [5, 5.41) is 0. The molecule has 0 aliphatic rings. The minimum Gasteiger partial charge on any atom is -0.341 e. The number of hydrogen-bond donors (Lipinski definition) is 2. The second-order valence-corrected chi connectivity index (χ2v) is 4.60. The number of rotatable bonds is 3. The lowest BCUT2D eigenvalue weighted by Gasteiger charge is -2.08. The van der Waals surface area contributed by atoms with Crippen LogP contribution in [-0.4, -0.2) is 19.5 Å². The Hall–Kier alpha value is -1.43. The summed E-state index contributed by atoms with van der Waals surface area (Å²) >= 11 is 5.05. The molecule has 2 heterocycles. The van der Waals surface area contributed by atoms with E-state index in [1.54, 1.807) is 10.9 Å². The molecule has 16 heavy (non-hydrogen) atoms. The lowest BCUT2D eigenvalue weighted by atomic mass is 10.1. The van der Waals surface area contributed by atoms with Crippen LogP contribution in [0.2, 0.25) is 0 Å². The Kier molecular flexibility index (Phi) is 2.91. The van der Waals surface area contributed by atoms with E-state index in [9.17, 15) is 4.79 Å². The second kappa shape index (κ2) is 4.21. The Bertz CT molecular complexity index is 607. The van der Waals surface area contributed by atoms with Crippen LogP contribution in [0.15, 0.2) is 11.1 Å². The van der Waals surface area contributed by atoms with Crippen molar-refractivity contribution in [2.75, 3.05) is 0 Å². The monoisotopic (exact) mass is 238 g/mol. The number of fused-ring (bicyclic) bond motifs is 1. The third kappa shape index (κ3) is 1.92. The van der Waals surface area contributed by atoms with Gasteiger partial charge < -0.3 is 4.98 Å². The fourth-order valence-electron chi connectivity index (χ4n) is 1.58. The number of nitrogens with one attached hydrogen (secondary N) is 2. The SMILES string of the molecule is CC(C)CCn1c(=O)[nH]c(=S)c2[nH]cnc21. The molecule has 0 spiro atoms. The molecule has 86 valence electrons. The molecule has 5 nitrogen and oxygen atoms in total. The van der Waals surface area contributed by atoms with Crippen molar-refractivity contribution in [1.29, 1.82) is 0 Å². The first-order chi connectivity index (χ1) is 7.59. The zero-order chi connectivity index (χ0) is 11.7. The molecule has 0 aromatic carbocycles. The van der Waals surface area contributed by atoms with Crippen LogP contribution in [0.4, 0.5) is 0 Å². The first-order valence-electron chi connectivity index (χ1n) is 5.26. The zero-order valence-electron chi connectivity index (χ0n) is 9.28. The Balaban J connectivity index is 2.55. The lowest BCUT2D eigenvalue weighted by Crippen LogP contribution is -2.24. The highest BCUT2D eigenvalue weighted by Crippen LogP contribution is 2.08. The molecule has 2 aromatic rings. The third-order valence-corrected chi connectivity index (χ3v) is 2.80. The number of nitrogens with zero attached hydrogens (tertiary/aromatic N) is 2. The smallest absolute Gasteiger partial charge is 0.328 e. The van der Waals surface area contributed by atoms with Gasteiger partial charge in [-0.25, -0.2) is 9.78 Å². The van der Waals surface area contributed by atoms with Gasteiger partial charge in [0.15, 0.2) is 5.65 Å². The van der Waals surface area contributed by atoms with Gasteiger partial charge in [-0.1, -0.05) is 26.1 Å². The summed E-state index contributed by atoms with van der Waals surface area (Å²) in [5.41, 5.74) is 1.16. The van der Waals surface area contributed by atoms with Crippen LogP contribution in [0, 0.1) is 10.6 Å². The summed E-state index contributed by atoms with van der Waals surface area (Å²) in [4.78, 5) is 21.5. The number of imidazole rings is 1. The van der Waals surface area contributed by atoms with Crippen molar-refractivity contribution in [3.63, 3.8) is 0 Å². The summed E-state index contributed by atoms with van der Waals surface area (Å²) in [6, 6.07) is 0. The van der Waals surface area contributed by atoms with E-state index in [2.05, 4.69) is 28.8 Å².